The molecule has 0 atom stereocenters. The van der Waals surface area contributed by atoms with E-state index in [4.69, 9.17) is 0 Å². The second-order valence-electron chi connectivity index (χ2n) is 6.18. The maximum Gasteiger partial charge on any atom is 0.272 e. The molecule has 0 unspecified atom stereocenters. The summed E-state index contributed by atoms with van der Waals surface area (Å²) >= 11 is 0. The molecule has 1 aliphatic rings. The Morgan fingerprint density at radius 2 is 1.92 bits per heavy atom. The van der Waals surface area contributed by atoms with E-state index in [1.54, 1.807) is 12.1 Å². The average Bonchev–Trinajstić information content (AvgIpc) is 3.37. The van der Waals surface area contributed by atoms with Crippen LogP contribution < -0.4 is 10.9 Å². The molecule has 2 N–H and O–H groups in total. The summed E-state index contributed by atoms with van der Waals surface area (Å²) in [7, 11) is 0. The third-order valence-corrected chi connectivity index (χ3v) is 4.27. The number of hydrogen-bond acceptors (Lipinski definition) is 2. The number of halogens is 1. The normalized spacial score (nSPS) is 13.9. The van der Waals surface area contributed by atoms with Gasteiger partial charge in [0.05, 0.1) is 5.56 Å². The lowest BCUT2D eigenvalue weighted by Crippen LogP contribution is -2.41. The van der Waals surface area contributed by atoms with Crippen molar-refractivity contribution in [3.63, 3.8) is 0 Å². The first kappa shape index (κ1) is 17.0. The smallest absolute Gasteiger partial charge is 0.272 e. The van der Waals surface area contributed by atoms with Crippen molar-refractivity contribution in [2.45, 2.75) is 32.7 Å². The highest BCUT2D eigenvalue weighted by atomic mass is 19.1. The number of hydrogen-bond donors (Lipinski definition) is 2. The van der Waals surface area contributed by atoms with Crippen LogP contribution in [-0.2, 0) is 4.79 Å². The van der Waals surface area contributed by atoms with Crippen LogP contribution in [0.25, 0.3) is 6.08 Å². The molecule has 0 radical (unpaired) electrons. The Balaban J connectivity index is 1.59. The Morgan fingerprint density at radius 3 is 2.60 bits per heavy atom. The number of carbonyl (C=O) groups is 2. The minimum atomic E-state index is -0.702. The highest BCUT2D eigenvalue weighted by Gasteiger charge is 2.26. The molecule has 1 aromatic heterocycles. The fraction of sp³-hybridized carbons (Fsp3) is 0.263. The first-order valence-electron chi connectivity index (χ1n) is 8.18. The monoisotopic (exact) mass is 341 g/mol. The summed E-state index contributed by atoms with van der Waals surface area (Å²) in [5.74, 6) is -1.83. The summed E-state index contributed by atoms with van der Waals surface area (Å²) in [4.78, 5) is 23.7. The molecule has 6 heteroatoms. The van der Waals surface area contributed by atoms with Crippen molar-refractivity contribution >= 4 is 17.9 Å². The second kappa shape index (κ2) is 6.93. The van der Waals surface area contributed by atoms with Gasteiger partial charge in [0.2, 0.25) is 0 Å². The zero-order chi connectivity index (χ0) is 18.0. The topological polar surface area (TPSA) is 63.1 Å². The van der Waals surface area contributed by atoms with Crippen molar-refractivity contribution in [3.8, 4) is 0 Å². The van der Waals surface area contributed by atoms with Gasteiger partial charge in [0, 0.05) is 23.5 Å². The molecule has 5 nitrogen and oxygen atoms in total. The first-order chi connectivity index (χ1) is 12.0. The Morgan fingerprint density at radius 1 is 1.20 bits per heavy atom. The van der Waals surface area contributed by atoms with Gasteiger partial charge in [0.25, 0.3) is 11.8 Å². The van der Waals surface area contributed by atoms with Gasteiger partial charge in [0.15, 0.2) is 0 Å². The third-order valence-electron chi connectivity index (χ3n) is 4.27. The van der Waals surface area contributed by atoms with Crippen molar-refractivity contribution < 1.29 is 14.0 Å². The molecule has 1 saturated carbocycles. The van der Waals surface area contributed by atoms with Crippen molar-refractivity contribution in [1.29, 1.82) is 0 Å². The molecule has 3 rings (SSSR count). The van der Waals surface area contributed by atoms with E-state index in [1.165, 1.54) is 42.8 Å². The van der Waals surface area contributed by atoms with Crippen molar-refractivity contribution in [3.05, 3.63) is 64.7 Å². The van der Waals surface area contributed by atoms with E-state index in [9.17, 15) is 14.0 Å². The van der Waals surface area contributed by atoms with Gasteiger partial charge in [-0.1, -0.05) is 12.1 Å². The highest BCUT2D eigenvalue weighted by molar-refractivity contribution is 5.98. The van der Waals surface area contributed by atoms with Crippen LogP contribution in [-0.4, -0.2) is 16.4 Å². The maximum absolute atomic E-state index is 13.5. The number of hydrazine groups is 1. The highest BCUT2D eigenvalue weighted by Crippen LogP contribution is 2.38. The Kier molecular flexibility index (Phi) is 4.70. The Labute approximate surface area is 145 Å². The largest absolute Gasteiger partial charge is 0.346 e. The number of rotatable bonds is 4. The predicted octanol–water partition coefficient (Wildman–Crippen LogP) is 3.05. The molecule has 0 bridgehead atoms. The fourth-order valence-corrected chi connectivity index (χ4v) is 2.90. The zero-order valence-electron chi connectivity index (χ0n) is 14.2. The molecule has 1 aromatic carbocycles. The predicted molar refractivity (Wildman–Crippen MR) is 93.2 cm³/mol. The summed E-state index contributed by atoms with van der Waals surface area (Å²) in [6.45, 7) is 4.08. The number of amides is 2. The van der Waals surface area contributed by atoms with Gasteiger partial charge in [-0.3, -0.25) is 20.4 Å². The Hall–Kier alpha value is -2.89. The molecule has 1 fully saturated rings. The molecule has 130 valence electrons. The summed E-state index contributed by atoms with van der Waals surface area (Å²) in [6, 6.07) is 8.19. The van der Waals surface area contributed by atoms with E-state index in [2.05, 4.69) is 22.3 Å². The van der Waals surface area contributed by atoms with Crippen molar-refractivity contribution in [2.24, 2.45) is 0 Å². The van der Waals surface area contributed by atoms with Crippen LogP contribution in [0.2, 0.25) is 0 Å². The SMILES string of the molecule is Cc1cc(/C=C/C(=O)NNC(=O)c2ccccc2F)c(C)n1C1CC1. The standard InChI is InChI=1S/C19H20FN3O2/c1-12-11-14(13(2)23(12)15-8-9-15)7-10-18(24)21-22-19(25)16-5-3-4-6-17(16)20/h3-7,10-11,15H,8-9H2,1-2H3,(H,21,24)(H,22,25)/b10-7+. The molecule has 1 heterocycles. The third kappa shape index (κ3) is 3.79. The van der Waals surface area contributed by atoms with Gasteiger partial charge in [-0.2, -0.15) is 0 Å². The molecule has 0 spiro atoms. The summed E-state index contributed by atoms with van der Waals surface area (Å²) in [5.41, 5.74) is 7.60. The summed E-state index contributed by atoms with van der Waals surface area (Å²) < 4.78 is 15.8. The van der Waals surface area contributed by atoms with E-state index in [0.29, 0.717) is 6.04 Å². The number of nitrogens with one attached hydrogen (secondary N) is 2. The molecule has 0 aliphatic heterocycles. The minimum absolute atomic E-state index is 0.125. The van der Waals surface area contributed by atoms with Gasteiger partial charge >= 0.3 is 0 Å². The van der Waals surface area contributed by atoms with E-state index in [-0.39, 0.29) is 5.56 Å². The summed E-state index contributed by atoms with van der Waals surface area (Å²) in [6.07, 6.45) is 5.45. The minimum Gasteiger partial charge on any atom is -0.346 e. The van der Waals surface area contributed by atoms with E-state index in [1.807, 2.05) is 13.0 Å². The fourth-order valence-electron chi connectivity index (χ4n) is 2.90. The molecule has 2 amide bonds. The van der Waals surface area contributed by atoms with E-state index in [0.717, 1.165) is 11.3 Å². The molecule has 1 aliphatic carbocycles. The first-order valence-corrected chi connectivity index (χ1v) is 8.18. The van der Waals surface area contributed by atoms with Crippen LogP contribution in [0.3, 0.4) is 0 Å². The van der Waals surface area contributed by atoms with Crippen LogP contribution in [0.5, 0.6) is 0 Å². The lowest BCUT2D eigenvalue weighted by molar-refractivity contribution is -0.117. The van der Waals surface area contributed by atoms with E-state index < -0.39 is 17.6 Å². The second-order valence-corrected chi connectivity index (χ2v) is 6.18. The molecular weight excluding hydrogens is 321 g/mol. The van der Waals surface area contributed by atoms with Gasteiger partial charge in [-0.25, -0.2) is 4.39 Å². The molecule has 25 heavy (non-hydrogen) atoms. The molecule has 0 saturated heterocycles. The number of nitrogens with zero attached hydrogens (tertiary/aromatic N) is 1. The van der Waals surface area contributed by atoms with Gasteiger partial charge in [0.1, 0.15) is 5.82 Å². The quantitative estimate of drug-likeness (QED) is 0.663. The average molecular weight is 341 g/mol. The van der Waals surface area contributed by atoms with Crippen LogP contribution in [0, 0.1) is 19.7 Å². The van der Waals surface area contributed by atoms with Crippen LogP contribution in [0.15, 0.2) is 36.4 Å². The lowest BCUT2D eigenvalue weighted by Gasteiger charge is -2.07. The maximum atomic E-state index is 13.5. The molecule has 2 aromatic rings. The summed E-state index contributed by atoms with van der Waals surface area (Å²) in [5, 5.41) is 0. The van der Waals surface area contributed by atoms with E-state index >= 15 is 0 Å². The van der Waals surface area contributed by atoms with Crippen molar-refractivity contribution in [2.75, 3.05) is 0 Å². The van der Waals surface area contributed by atoms with Crippen LogP contribution in [0.4, 0.5) is 4.39 Å². The zero-order valence-corrected chi connectivity index (χ0v) is 14.2. The van der Waals surface area contributed by atoms with Crippen molar-refractivity contribution in [1.82, 2.24) is 15.4 Å². The number of aromatic nitrogens is 1. The van der Waals surface area contributed by atoms with Gasteiger partial charge in [-0.15, -0.1) is 0 Å². The number of aryl methyl sites for hydroxylation is 1. The van der Waals surface area contributed by atoms with Crippen LogP contribution >= 0.6 is 0 Å². The number of benzene rings is 1. The Bertz CT molecular complexity index is 850. The van der Waals surface area contributed by atoms with Crippen LogP contribution in [0.1, 0.15) is 46.2 Å². The number of carbonyl (C=O) groups excluding carboxylic acids is 2. The van der Waals surface area contributed by atoms with Gasteiger partial charge < -0.3 is 4.57 Å². The van der Waals surface area contributed by atoms with Gasteiger partial charge in [-0.05, 0) is 56.5 Å². The molecular formula is C19H20FN3O2. The lowest BCUT2D eigenvalue weighted by atomic mass is 10.2.